The van der Waals surface area contributed by atoms with E-state index in [1.54, 1.807) is 11.4 Å². The summed E-state index contributed by atoms with van der Waals surface area (Å²) in [6.45, 7) is 4.11. The van der Waals surface area contributed by atoms with E-state index in [2.05, 4.69) is 15.0 Å². The summed E-state index contributed by atoms with van der Waals surface area (Å²) in [4.78, 5) is 16.1. The smallest absolute Gasteiger partial charge is 0.250 e. The highest BCUT2D eigenvalue weighted by Crippen LogP contribution is 2.21. The Morgan fingerprint density at radius 2 is 2.14 bits per heavy atom. The maximum atomic E-state index is 11.9. The molecule has 9 heteroatoms. The van der Waals surface area contributed by atoms with Gasteiger partial charge in [0, 0.05) is 18.3 Å². The summed E-state index contributed by atoms with van der Waals surface area (Å²) < 4.78 is 26.4. The Morgan fingerprint density at radius 1 is 1.36 bits per heavy atom. The van der Waals surface area contributed by atoms with Crippen molar-refractivity contribution < 1.29 is 13.2 Å². The number of hydrogen-bond donors (Lipinski definition) is 2. The summed E-state index contributed by atoms with van der Waals surface area (Å²) in [7, 11) is -3.52. The van der Waals surface area contributed by atoms with Crippen LogP contribution in [0, 0.1) is 0 Å². The van der Waals surface area contributed by atoms with Gasteiger partial charge in [0.1, 0.15) is 4.21 Å². The summed E-state index contributed by atoms with van der Waals surface area (Å²) in [6, 6.07) is 3.19. The number of amides is 1. The molecule has 0 unspecified atom stereocenters. The van der Waals surface area contributed by atoms with Crippen molar-refractivity contribution in [1.29, 1.82) is 0 Å². The first-order valence-corrected chi connectivity index (χ1v) is 9.91. The number of nitrogens with zero attached hydrogens (tertiary/aromatic N) is 1. The zero-order valence-corrected chi connectivity index (χ0v) is 14.6. The Balaban J connectivity index is 1.80. The van der Waals surface area contributed by atoms with E-state index in [-0.39, 0.29) is 23.1 Å². The van der Waals surface area contributed by atoms with Crippen LogP contribution in [0.3, 0.4) is 0 Å². The molecule has 0 atom stereocenters. The van der Waals surface area contributed by atoms with Gasteiger partial charge in [-0.2, -0.15) is 0 Å². The molecule has 0 fully saturated rings. The number of aromatic nitrogens is 1. The first-order valence-electron chi connectivity index (χ1n) is 6.67. The maximum absolute atomic E-state index is 11.9. The van der Waals surface area contributed by atoms with Crippen molar-refractivity contribution in [2.75, 3.05) is 11.9 Å². The fourth-order valence-electron chi connectivity index (χ4n) is 1.58. The van der Waals surface area contributed by atoms with Gasteiger partial charge in [0.05, 0.1) is 5.69 Å². The Morgan fingerprint density at radius 3 is 2.73 bits per heavy atom. The predicted octanol–water partition coefficient (Wildman–Crippen LogP) is 2.64. The van der Waals surface area contributed by atoms with E-state index in [0.29, 0.717) is 11.0 Å². The molecule has 0 aliphatic rings. The molecule has 0 aliphatic carbocycles. The summed E-state index contributed by atoms with van der Waals surface area (Å²) in [5, 5.41) is 6.80. The molecule has 2 aromatic rings. The molecule has 6 nitrogen and oxygen atoms in total. The number of nitrogens with one attached hydrogen (secondary N) is 2. The zero-order valence-electron chi connectivity index (χ0n) is 12.2. The molecule has 0 spiro atoms. The van der Waals surface area contributed by atoms with Gasteiger partial charge in [0.2, 0.25) is 15.9 Å². The van der Waals surface area contributed by atoms with Crippen LogP contribution in [0.15, 0.2) is 27.1 Å². The van der Waals surface area contributed by atoms with Crippen LogP contribution in [0.5, 0.6) is 0 Å². The SMILES string of the molecule is CC(C)c1csc(NC(=O)CCNS(=O)(=O)c2cccs2)n1. The lowest BCUT2D eigenvalue weighted by Gasteiger charge is -2.04. The first-order chi connectivity index (χ1) is 10.4. The van der Waals surface area contributed by atoms with Crippen molar-refractivity contribution in [1.82, 2.24) is 9.71 Å². The standard InChI is InChI=1S/C13H17N3O3S3/c1-9(2)10-8-21-13(15-10)16-11(17)5-6-14-22(18,19)12-4-3-7-20-12/h3-4,7-9,14H,5-6H2,1-2H3,(H,15,16,17). The molecule has 0 saturated carbocycles. The van der Waals surface area contributed by atoms with Crippen LogP contribution in [-0.2, 0) is 14.8 Å². The summed E-state index contributed by atoms with van der Waals surface area (Å²) in [5.41, 5.74) is 0.929. The van der Waals surface area contributed by atoms with Gasteiger partial charge in [-0.25, -0.2) is 18.1 Å². The molecule has 2 rings (SSSR count). The molecule has 2 N–H and O–H groups in total. The molecular weight excluding hydrogens is 342 g/mol. The third-order valence-electron chi connectivity index (χ3n) is 2.76. The lowest BCUT2D eigenvalue weighted by Crippen LogP contribution is -2.27. The van der Waals surface area contributed by atoms with Crippen LogP contribution < -0.4 is 10.0 Å². The van der Waals surface area contributed by atoms with Gasteiger partial charge in [-0.15, -0.1) is 22.7 Å². The van der Waals surface area contributed by atoms with Gasteiger partial charge in [-0.05, 0) is 17.4 Å². The van der Waals surface area contributed by atoms with E-state index in [1.165, 1.54) is 17.4 Å². The van der Waals surface area contributed by atoms with Crippen molar-refractivity contribution >= 4 is 43.7 Å². The topological polar surface area (TPSA) is 88.2 Å². The summed E-state index contributed by atoms with van der Waals surface area (Å²) in [6.07, 6.45) is 0.0567. The lowest BCUT2D eigenvalue weighted by atomic mass is 10.2. The van der Waals surface area contributed by atoms with E-state index < -0.39 is 10.0 Å². The first kappa shape index (κ1) is 17.1. The normalized spacial score (nSPS) is 11.8. The fraction of sp³-hybridized carbons (Fsp3) is 0.385. The Bertz CT molecular complexity index is 721. The number of carbonyl (C=O) groups is 1. The number of anilines is 1. The highest BCUT2D eigenvalue weighted by Gasteiger charge is 2.15. The van der Waals surface area contributed by atoms with Crippen molar-refractivity contribution in [3.05, 3.63) is 28.6 Å². The Kier molecular flexibility index (Phi) is 5.68. The molecule has 2 aromatic heterocycles. The van der Waals surface area contributed by atoms with Crippen LogP contribution >= 0.6 is 22.7 Å². The largest absolute Gasteiger partial charge is 0.302 e. The number of sulfonamides is 1. The molecule has 0 aliphatic heterocycles. The molecule has 0 aromatic carbocycles. The molecular formula is C13H17N3O3S3. The van der Waals surface area contributed by atoms with E-state index in [1.807, 2.05) is 19.2 Å². The molecule has 2 heterocycles. The lowest BCUT2D eigenvalue weighted by molar-refractivity contribution is -0.116. The second-order valence-corrected chi connectivity index (χ2v) is 8.66. The molecule has 120 valence electrons. The van der Waals surface area contributed by atoms with Gasteiger partial charge < -0.3 is 5.32 Å². The quantitative estimate of drug-likeness (QED) is 0.795. The van der Waals surface area contributed by atoms with Crippen LogP contribution in [0.2, 0.25) is 0 Å². The second kappa shape index (κ2) is 7.32. The van der Waals surface area contributed by atoms with E-state index >= 15 is 0 Å². The third kappa shape index (κ3) is 4.60. The number of carbonyl (C=O) groups excluding carboxylic acids is 1. The van der Waals surface area contributed by atoms with Crippen LogP contribution in [0.4, 0.5) is 5.13 Å². The van der Waals surface area contributed by atoms with Crippen LogP contribution in [-0.4, -0.2) is 25.9 Å². The van der Waals surface area contributed by atoms with E-state index in [4.69, 9.17) is 0 Å². The summed E-state index contributed by atoms with van der Waals surface area (Å²) >= 11 is 2.50. The van der Waals surface area contributed by atoms with Gasteiger partial charge in [0.25, 0.3) is 0 Å². The van der Waals surface area contributed by atoms with Gasteiger partial charge in [0.15, 0.2) is 5.13 Å². The van der Waals surface area contributed by atoms with Crippen molar-refractivity contribution in [2.24, 2.45) is 0 Å². The fourth-order valence-corrected chi connectivity index (χ4v) is 4.53. The highest BCUT2D eigenvalue weighted by molar-refractivity contribution is 7.91. The van der Waals surface area contributed by atoms with Crippen molar-refractivity contribution in [3.8, 4) is 0 Å². The minimum Gasteiger partial charge on any atom is -0.302 e. The molecule has 0 bridgehead atoms. The highest BCUT2D eigenvalue weighted by atomic mass is 32.2. The van der Waals surface area contributed by atoms with Gasteiger partial charge in [-0.3, -0.25) is 4.79 Å². The van der Waals surface area contributed by atoms with Crippen molar-refractivity contribution in [2.45, 2.75) is 30.4 Å². The van der Waals surface area contributed by atoms with Gasteiger partial charge in [-0.1, -0.05) is 19.9 Å². The summed E-state index contributed by atoms with van der Waals surface area (Å²) in [5.74, 6) is 0.0399. The van der Waals surface area contributed by atoms with E-state index in [0.717, 1.165) is 17.0 Å². The average molecular weight is 359 g/mol. The number of thiazole rings is 1. The van der Waals surface area contributed by atoms with Crippen LogP contribution in [0.25, 0.3) is 0 Å². The molecule has 22 heavy (non-hydrogen) atoms. The monoisotopic (exact) mass is 359 g/mol. The molecule has 0 radical (unpaired) electrons. The van der Waals surface area contributed by atoms with E-state index in [9.17, 15) is 13.2 Å². The van der Waals surface area contributed by atoms with Crippen LogP contribution in [0.1, 0.15) is 31.9 Å². The minimum atomic E-state index is -3.52. The predicted molar refractivity (Wildman–Crippen MR) is 89.0 cm³/mol. The zero-order chi connectivity index (χ0) is 16.2. The number of hydrogen-bond acceptors (Lipinski definition) is 6. The number of thiophene rings is 1. The maximum Gasteiger partial charge on any atom is 0.250 e. The Labute approximate surface area is 137 Å². The molecule has 1 amide bonds. The molecule has 0 saturated heterocycles. The van der Waals surface area contributed by atoms with Gasteiger partial charge >= 0.3 is 0 Å². The number of rotatable bonds is 7. The van der Waals surface area contributed by atoms with Crippen molar-refractivity contribution in [3.63, 3.8) is 0 Å². The average Bonchev–Trinajstić information content (AvgIpc) is 3.09. The second-order valence-electron chi connectivity index (χ2n) is 4.86. The Hall–Kier alpha value is -1.29. The minimum absolute atomic E-state index is 0.0501. The third-order valence-corrected chi connectivity index (χ3v) is 6.40.